The maximum Gasteiger partial charge on any atom is 0.254 e. The lowest BCUT2D eigenvalue weighted by molar-refractivity contribution is 0.0664. The van der Waals surface area contributed by atoms with E-state index in [0.717, 1.165) is 25.7 Å². The number of benzene rings is 1. The standard InChI is InChI=1S/C19H28N2O3S/c1-3-20(4-2)25(23,24)18-13-9-15(10-14-18)19(22)21(17-11-12-17)16-7-5-6-8-16/h9-10,13-14,16-17H,3-8,11-12H2,1-2H3. The lowest BCUT2D eigenvalue weighted by Crippen LogP contribution is -2.40. The van der Waals surface area contributed by atoms with Gasteiger partial charge in [-0.3, -0.25) is 4.79 Å². The third-order valence-corrected chi connectivity index (χ3v) is 7.40. The van der Waals surface area contributed by atoms with E-state index in [2.05, 4.69) is 4.90 Å². The van der Waals surface area contributed by atoms with Crippen molar-refractivity contribution in [3.05, 3.63) is 29.8 Å². The van der Waals surface area contributed by atoms with Gasteiger partial charge in [-0.05, 0) is 49.9 Å². The molecule has 1 aromatic rings. The van der Waals surface area contributed by atoms with Gasteiger partial charge in [-0.2, -0.15) is 4.31 Å². The average molecular weight is 365 g/mol. The summed E-state index contributed by atoms with van der Waals surface area (Å²) < 4.78 is 26.6. The van der Waals surface area contributed by atoms with Gasteiger partial charge in [0, 0.05) is 30.7 Å². The van der Waals surface area contributed by atoms with E-state index < -0.39 is 10.0 Å². The molecule has 5 nitrogen and oxygen atoms in total. The molecule has 3 rings (SSSR count). The molecule has 0 saturated heterocycles. The summed E-state index contributed by atoms with van der Waals surface area (Å²) in [5.41, 5.74) is 0.595. The number of sulfonamides is 1. The van der Waals surface area contributed by atoms with Gasteiger partial charge in [0.2, 0.25) is 10.0 Å². The Morgan fingerprint density at radius 2 is 1.48 bits per heavy atom. The molecule has 0 aliphatic heterocycles. The van der Waals surface area contributed by atoms with E-state index >= 15 is 0 Å². The van der Waals surface area contributed by atoms with Gasteiger partial charge in [-0.25, -0.2) is 8.42 Å². The summed E-state index contributed by atoms with van der Waals surface area (Å²) in [7, 11) is -3.48. The third-order valence-electron chi connectivity index (χ3n) is 5.34. The van der Waals surface area contributed by atoms with Crippen LogP contribution in [-0.4, -0.2) is 48.7 Å². The van der Waals surface area contributed by atoms with Crippen LogP contribution in [-0.2, 0) is 10.0 Å². The number of rotatable bonds is 7. The molecule has 138 valence electrons. The van der Waals surface area contributed by atoms with Crippen molar-refractivity contribution in [3.8, 4) is 0 Å². The lowest BCUT2D eigenvalue weighted by Gasteiger charge is -2.29. The number of carbonyl (C=O) groups is 1. The van der Waals surface area contributed by atoms with Gasteiger partial charge in [0.25, 0.3) is 5.91 Å². The first-order chi connectivity index (χ1) is 12.0. The van der Waals surface area contributed by atoms with E-state index in [-0.39, 0.29) is 10.8 Å². The molecule has 2 fully saturated rings. The Morgan fingerprint density at radius 3 is 1.96 bits per heavy atom. The molecule has 0 spiro atoms. The van der Waals surface area contributed by atoms with Crippen LogP contribution in [0.4, 0.5) is 0 Å². The first-order valence-corrected chi connectivity index (χ1v) is 10.9. The minimum absolute atomic E-state index is 0.0567. The number of amides is 1. The Morgan fingerprint density at radius 1 is 0.960 bits per heavy atom. The van der Waals surface area contributed by atoms with E-state index in [0.29, 0.717) is 30.7 Å². The molecule has 0 radical (unpaired) electrons. The van der Waals surface area contributed by atoms with Crippen molar-refractivity contribution < 1.29 is 13.2 Å². The molecule has 1 amide bonds. The second kappa shape index (κ2) is 7.46. The van der Waals surface area contributed by atoms with Gasteiger partial charge in [0.15, 0.2) is 0 Å². The second-order valence-corrected chi connectivity index (χ2v) is 8.93. The van der Waals surface area contributed by atoms with Crippen LogP contribution in [0.1, 0.15) is 62.7 Å². The fraction of sp³-hybridized carbons (Fsp3) is 0.632. The van der Waals surface area contributed by atoms with Crippen LogP contribution >= 0.6 is 0 Å². The van der Waals surface area contributed by atoms with Crippen molar-refractivity contribution >= 4 is 15.9 Å². The molecule has 0 N–H and O–H groups in total. The van der Waals surface area contributed by atoms with Gasteiger partial charge >= 0.3 is 0 Å². The molecular formula is C19H28N2O3S. The van der Waals surface area contributed by atoms with E-state index in [4.69, 9.17) is 0 Å². The summed E-state index contributed by atoms with van der Waals surface area (Å²) in [5.74, 6) is 0.0567. The van der Waals surface area contributed by atoms with E-state index in [1.807, 2.05) is 13.8 Å². The molecule has 2 saturated carbocycles. The summed E-state index contributed by atoms with van der Waals surface area (Å²) in [5, 5.41) is 0. The fourth-order valence-corrected chi connectivity index (χ4v) is 5.25. The smallest absolute Gasteiger partial charge is 0.254 e. The van der Waals surface area contributed by atoms with Crippen LogP contribution in [0.2, 0.25) is 0 Å². The molecule has 2 aliphatic rings. The lowest BCUT2D eigenvalue weighted by atomic mass is 10.1. The molecule has 2 aliphatic carbocycles. The Bertz CT molecular complexity index is 701. The van der Waals surface area contributed by atoms with Gasteiger partial charge in [0.1, 0.15) is 0 Å². The molecule has 25 heavy (non-hydrogen) atoms. The van der Waals surface area contributed by atoms with Crippen molar-refractivity contribution in [2.75, 3.05) is 13.1 Å². The van der Waals surface area contributed by atoms with Crippen LogP contribution in [0.3, 0.4) is 0 Å². The maximum absolute atomic E-state index is 13.0. The van der Waals surface area contributed by atoms with Crippen LogP contribution in [0.25, 0.3) is 0 Å². The first kappa shape index (κ1) is 18.4. The predicted octanol–water partition coefficient (Wildman–Crippen LogP) is 3.26. The van der Waals surface area contributed by atoms with Crippen molar-refractivity contribution in [1.82, 2.24) is 9.21 Å². The molecule has 0 aromatic heterocycles. The highest BCUT2D eigenvalue weighted by Gasteiger charge is 2.38. The Kier molecular flexibility index (Phi) is 5.49. The number of hydrogen-bond donors (Lipinski definition) is 0. The minimum Gasteiger partial charge on any atom is -0.333 e. The van der Waals surface area contributed by atoms with Crippen molar-refractivity contribution in [3.63, 3.8) is 0 Å². The highest BCUT2D eigenvalue weighted by Crippen LogP contribution is 2.35. The summed E-state index contributed by atoms with van der Waals surface area (Å²) in [6.45, 7) is 4.54. The van der Waals surface area contributed by atoms with E-state index in [9.17, 15) is 13.2 Å². The predicted molar refractivity (Wildman–Crippen MR) is 98.0 cm³/mol. The van der Waals surface area contributed by atoms with Crippen molar-refractivity contribution in [2.45, 2.75) is 69.4 Å². The van der Waals surface area contributed by atoms with Gasteiger partial charge in [-0.15, -0.1) is 0 Å². The monoisotopic (exact) mass is 364 g/mol. The van der Waals surface area contributed by atoms with E-state index in [1.54, 1.807) is 24.3 Å². The SMILES string of the molecule is CCN(CC)S(=O)(=O)c1ccc(C(=O)N(C2CCCC2)C2CC2)cc1. The summed E-state index contributed by atoms with van der Waals surface area (Å²) in [4.78, 5) is 15.3. The zero-order valence-electron chi connectivity index (χ0n) is 15.1. The molecule has 1 aromatic carbocycles. The number of nitrogens with zero attached hydrogens (tertiary/aromatic N) is 2. The third kappa shape index (κ3) is 3.75. The van der Waals surface area contributed by atoms with Gasteiger partial charge < -0.3 is 4.90 Å². The van der Waals surface area contributed by atoms with Crippen molar-refractivity contribution in [1.29, 1.82) is 0 Å². The number of hydrogen-bond acceptors (Lipinski definition) is 3. The summed E-state index contributed by atoms with van der Waals surface area (Å²) in [6.07, 6.45) is 6.77. The highest BCUT2D eigenvalue weighted by molar-refractivity contribution is 7.89. The molecular weight excluding hydrogens is 336 g/mol. The second-order valence-electron chi connectivity index (χ2n) is 7.00. The molecule has 0 unspecified atom stereocenters. The quantitative estimate of drug-likeness (QED) is 0.746. The Balaban J connectivity index is 1.80. The van der Waals surface area contributed by atoms with Crippen LogP contribution in [0.15, 0.2) is 29.2 Å². The maximum atomic E-state index is 13.0. The topological polar surface area (TPSA) is 57.7 Å². The van der Waals surface area contributed by atoms with Crippen LogP contribution in [0.5, 0.6) is 0 Å². The van der Waals surface area contributed by atoms with Crippen molar-refractivity contribution in [2.24, 2.45) is 0 Å². The molecule has 0 atom stereocenters. The first-order valence-electron chi connectivity index (χ1n) is 9.42. The Hall–Kier alpha value is -1.40. The Labute approximate surface area is 151 Å². The van der Waals surface area contributed by atoms with Crippen LogP contribution in [0, 0.1) is 0 Å². The van der Waals surface area contributed by atoms with Crippen LogP contribution < -0.4 is 0 Å². The largest absolute Gasteiger partial charge is 0.333 e. The molecule has 0 bridgehead atoms. The zero-order valence-corrected chi connectivity index (χ0v) is 16.0. The molecule has 0 heterocycles. The fourth-order valence-electron chi connectivity index (χ4n) is 3.80. The van der Waals surface area contributed by atoms with Gasteiger partial charge in [0.05, 0.1) is 4.90 Å². The highest BCUT2D eigenvalue weighted by atomic mass is 32.2. The van der Waals surface area contributed by atoms with Gasteiger partial charge in [-0.1, -0.05) is 26.7 Å². The zero-order chi connectivity index (χ0) is 18.0. The average Bonchev–Trinajstić information content (AvgIpc) is 3.29. The summed E-state index contributed by atoms with van der Waals surface area (Å²) in [6, 6.07) is 7.22. The van der Waals surface area contributed by atoms with E-state index in [1.165, 1.54) is 17.1 Å². The normalized spacial score (nSPS) is 18.7. The minimum atomic E-state index is -3.48. The molecule has 6 heteroatoms. The summed E-state index contributed by atoms with van der Waals surface area (Å²) >= 11 is 0. The number of carbonyl (C=O) groups excluding carboxylic acids is 1.